The predicted molar refractivity (Wildman–Crippen MR) is 118 cm³/mol. The topological polar surface area (TPSA) is 79.3 Å². The summed E-state index contributed by atoms with van der Waals surface area (Å²) in [6.45, 7) is 1.01. The van der Waals surface area contributed by atoms with Crippen molar-refractivity contribution in [2.24, 2.45) is 0 Å². The van der Waals surface area contributed by atoms with Crippen LogP contribution >= 0.6 is 0 Å². The zero-order valence-corrected chi connectivity index (χ0v) is 18.6. The summed E-state index contributed by atoms with van der Waals surface area (Å²) < 4.78 is 24.3. The average Bonchev–Trinajstić information content (AvgIpc) is 3.03. The Bertz CT molecular complexity index is 1030. The molecule has 1 aliphatic rings. The van der Waals surface area contributed by atoms with Crippen LogP contribution in [-0.2, 0) is 9.59 Å². The van der Waals surface area contributed by atoms with Gasteiger partial charge in [0.1, 0.15) is 11.6 Å². The van der Waals surface area contributed by atoms with Crippen LogP contribution in [0.5, 0.6) is 11.5 Å². The molecule has 0 radical (unpaired) electrons. The molecule has 1 fully saturated rings. The van der Waals surface area contributed by atoms with E-state index in [1.165, 1.54) is 43.4 Å². The van der Waals surface area contributed by atoms with Crippen molar-refractivity contribution in [1.29, 1.82) is 0 Å². The Morgan fingerprint density at radius 2 is 1.78 bits per heavy atom. The highest BCUT2D eigenvalue weighted by Gasteiger charge is 2.47. The number of likely N-dealkylation sites (tertiary alicyclic amines) is 1. The summed E-state index contributed by atoms with van der Waals surface area (Å²) in [7, 11) is 6.81. The van der Waals surface area contributed by atoms with E-state index in [4.69, 9.17) is 9.47 Å². The first-order chi connectivity index (χ1) is 15.3. The summed E-state index contributed by atoms with van der Waals surface area (Å²) in [6.07, 6.45) is 0.624. The standard InChI is InChI=1S/C24H27FN2O5/c1-26(2)13-6-14-27-20(17-7-5-8-18(31-3)23(17)32-4)19(22(29)24(27)30)21(28)15-9-11-16(25)12-10-15/h5,7-12,20,28H,6,13-14H2,1-4H3/b21-19-. The van der Waals surface area contributed by atoms with Gasteiger partial charge in [-0.1, -0.05) is 12.1 Å². The second-order valence-corrected chi connectivity index (χ2v) is 7.74. The highest BCUT2D eigenvalue weighted by Crippen LogP contribution is 2.45. The number of methoxy groups -OCH3 is 2. The van der Waals surface area contributed by atoms with Gasteiger partial charge in [0, 0.05) is 17.7 Å². The lowest BCUT2D eigenvalue weighted by atomic mass is 9.94. The number of aliphatic hydroxyl groups is 1. The molecule has 1 aliphatic heterocycles. The summed E-state index contributed by atoms with van der Waals surface area (Å²) >= 11 is 0. The van der Waals surface area contributed by atoms with Crippen LogP contribution in [0.25, 0.3) is 5.76 Å². The first-order valence-electron chi connectivity index (χ1n) is 10.2. The van der Waals surface area contributed by atoms with E-state index in [-0.39, 0.29) is 16.9 Å². The number of aliphatic hydroxyl groups excluding tert-OH is 1. The van der Waals surface area contributed by atoms with Crippen LogP contribution in [0.15, 0.2) is 48.0 Å². The number of amides is 1. The Morgan fingerprint density at radius 1 is 1.09 bits per heavy atom. The molecule has 1 saturated heterocycles. The highest BCUT2D eigenvalue weighted by atomic mass is 19.1. The van der Waals surface area contributed by atoms with E-state index in [2.05, 4.69) is 0 Å². The molecule has 7 nitrogen and oxygen atoms in total. The Kier molecular flexibility index (Phi) is 7.15. The van der Waals surface area contributed by atoms with Crippen LogP contribution in [-0.4, -0.2) is 68.0 Å². The van der Waals surface area contributed by atoms with Crippen LogP contribution in [0.2, 0.25) is 0 Å². The van der Waals surface area contributed by atoms with E-state index in [1.54, 1.807) is 18.2 Å². The third-order valence-corrected chi connectivity index (χ3v) is 5.39. The van der Waals surface area contributed by atoms with E-state index in [9.17, 15) is 19.1 Å². The van der Waals surface area contributed by atoms with Gasteiger partial charge in [0.25, 0.3) is 11.7 Å². The molecule has 32 heavy (non-hydrogen) atoms. The minimum atomic E-state index is -0.882. The van der Waals surface area contributed by atoms with Gasteiger partial charge in [-0.15, -0.1) is 0 Å². The van der Waals surface area contributed by atoms with E-state index in [0.717, 1.165) is 0 Å². The van der Waals surface area contributed by atoms with Crippen LogP contribution in [0.3, 0.4) is 0 Å². The van der Waals surface area contributed by atoms with Gasteiger partial charge in [0.05, 0.1) is 25.8 Å². The van der Waals surface area contributed by atoms with Gasteiger partial charge in [-0.3, -0.25) is 9.59 Å². The fourth-order valence-electron chi connectivity index (χ4n) is 3.88. The van der Waals surface area contributed by atoms with Crippen molar-refractivity contribution < 1.29 is 28.6 Å². The summed E-state index contributed by atoms with van der Waals surface area (Å²) in [5, 5.41) is 11.0. The molecule has 3 rings (SSSR count). The largest absolute Gasteiger partial charge is 0.507 e. The molecule has 1 N–H and O–H groups in total. The van der Waals surface area contributed by atoms with Crippen LogP contribution in [0.4, 0.5) is 4.39 Å². The third kappa shape index (κ3) is 4.45. The zero-order valence-electron chi connectivity index (χ0n) is 18.6. The van der Waals surface area contributed by atoms with Crippen molar-refractivity contribution in [3.8, 4) is 11.5 Å². The minimum Gasteiger partial charge on any atom is -0.507 e. The second-order valence-electron chi connectivity index (χ2n) is 7.74. The number of halogens is 1. The average molecular weight is 442 g/mol. The number of ketones is 1. The molecule has 2 aromatic carbocycles. The fraction of sp³-hybridized carbons (Fsp3) is 0.333. The Hall–Kier alpha value is -3.39. The maximum absolute atomic E-state index is 13.4. The van der Waals surface area contributed by atoms with Crippen LogP contribution < -0.4 is 9.47 Å². The maximum Gasteiger partial charge on any atom is 0.295 e. The lowest BCUT2D eigenvalue weighted by molar-refractivity contribution is -0.140. The molecule has 0 aliphatic carbocycles. The van der Waals surface area contributed by atoms with Crippen LogP contribution in [0.1, 0.15) is 23.6 Å². The minimum absolute atomic E-state index is 0.0713. The number of rotatable bonds is 8. The smallest absolute Gasteiger partial charge is 0.295 e. The first-order valence-corrected chi connectivity index (χ1v) is 10.2. The predicted octanol–water partition coefficient (Wildman–Crippen LogP) is 3.22. The molecule has 8 heteroatoms. The molecule has 0 spiro atoms. The molecular weight excluding hydrogens is 415 g/mol. The number of hydrogen-bond donors (Lipinski definition) is 1. The SMILES string of the molecule is COc1cccc(C2/C(=C(/O)c3ccc(F)cc3)C(=O)C(=O)N2CCCN(C)C)c1OC. The van der Waals surface area contributed by atoms with Crippen molar-refractivity contribution in [1.82, 2.24) is 9.80 Å². The van der Waals surface area contributed by atoms with Crippen molar-refractivity contribution >= 4 is 17.4 Å². The molecule has 170 valence electrons. The van der Waals surface area contributed by atoms with Gasteiger partial charge >= 0.3 is 0 Å². The van der Waals surface area contributed by atoms with Gasteiger partial charge in [-0.05, 0) is 57.4 Å². The van der Waals surface area contributed by atoms with E-state index >= 15 is 0 Å². The molecule has 0 aromatic heterocycles. The number of carbonyl (C=O) groups excluding carboxylic acids is 2. The van der Waals surface area contributed by atoms with Crippen LogP contribution in [0, 0.1) is 5.82 Å². The highest BCUT2D eigenvalue weighted by molar-refractivity contribution is 6.46. The quantitative estimate of drug-likeness (QED) is 0.384. The molecule has 0 bridgehead atoms. The van der Waals surface area contributed by atoms with E-state index in [1.807, 2.05) is 19.0 Å². The van der Waals surface area contributed by atoms with E-state index in [0.29, 0.717) is 36.6 Å². The Balaban J connectivity index is 2.19. The number of hydrogen-bond acceptors (Lipinski definition) is 6. The normalized spacial score (nSPS) is 17.8. The molecule has 1 heterocycles. The Labute approximate surface area is 186 Å². The number of benzene rings is 2. The lowest BCUT2D eigenvalue weighted by Gasteiger charge is -2.27. The third-order valence-electron chi connectivity index (χ3n) is 5.39. The molecule has 1 amide bonds. The van der Waals surface area contributed by atoms with Crippen molar-refractivity contribution in [2.45, 2.75) is 12.5 Å². The molecule has 1 unspecified atom stereocenters. The second kappa shape index (κ2) is 9.82. The number of ether oxygens (including phenoxy) is 2. The van der Waals surface area contributed by atoms with Crippen molar-refractivity contribution in [2.75, 3.05) is 41.4 Å². The maximum atomic E-state index is 13.4. The summed E-state index contributed by atoms with van der Waals surface area (Å²) in [5.41, 5.74) is 0.683. The monoisotopic (exact) mass is 442 g/mol. The molecule has 2 aromatic rings. The first kappa shape index (κ1) is 23.3. The molecular formula is C24H27FN2O5. The Morgan fingerprint density at radius 3 is 2.38 bits per heavy atom. The molecule has 0 saturated carbocycles. The molecule has 1 atom stereocenters. The van der Waals surface area contributed by atoms with Gasteiger partial charge in [0.2, 0.25) is 0 Å². The fourth-order valence-corrected chi connectivity index (χ4v) is 3.88. The number of para-hydroxylation sites is 1. The zero-order chi connectivity index (χ0) is 23.4. The number of Topliss-reactive ketones (excluding diaryl/α,β-unsaturated/α-hetero) is 1. The lowest BCUT2D eigenvalue weighted by Crippen LogP contribution is -2.32. The van der Waals surface area contributed by atoms with Gasteiger partial charge in [-0.2, -0.15) is 0 Å². The van der Waals surface area contributed by atoms with Crippen molar-refractivity contribution in [3.05, 3.63) is 65.0 Å². The number of carbonyl (C=O) groups is 2. The van der Waals surface area contributed by atoms with Gasteiger partial charge in [-0.25, -0.2) is 4.39 Å². The van der Waals surface area contributed by atoms with Gasteiger partial charge < -0.3 is 24.4 Å². The number of nitrogens with zero attached hydrogens (tertiary/aromatic N) is 2. The van der Waals surface area contributed by atoms with Crippen molar-refractivity contribution in [3.63, 3.8) is 0 Å². The summed E-state index contributed by atoms with van der Waals surface area (Å²) in [4.78, 5) is 29.5. The van der Waals surface area contributed by atoms with E-state index < -0.39 is 23.5 Å². The van der Waals surface area contributed by atoms with Gasteiger partial charge in [0.15, 0.2) is 11.5 Å². The summed E-state index contributed by atoms with van der Waals surface area (Å²) in [5.74, 6) is -1.55. The summed E-state index contributed by atoms with van der Waals surface area (Å²) in [6, 6.07) is 9.39.